The third kappa shape index (κ3) is 7.26. The van der Waals surface area contributed by atoms with Crippen LogP contribution in [0.4, 0.5) is 5.69 Å². The summed E-state index contributed by atoms with van der Waals surface area (Å²) < 4.78 is 11.1. The van der Waals surface area contributed by atoms with E-state index in [1.807, 2.05) is 43.3 Å². The molecule has 0 saturated carbocycles. The predicted octanol–water partition coefficient (Wildman–Crippen LogP) is 8.24. The SMILES string of the molecule is CCCCCCCCOc1ccc(N=C(C)c2ccc(-c3ccc(OC)cc3)cc2)cc1. The van der Waals surface area contributed by atoms with Crippen LogP contribution in [-0.2, 0) is 0 Å². The van der Waals surface area contributed by atoms with Crippen LogP contribution in [0.15, 0.2) is 77.8 Å². The summed E-state index contributed by atoms with van der Waals surface area (Å²) in [5, 5.41) is 0. The lowest BCUT2D eigenvalue weighted by molar-refractivity contribution is 0.304. The molecule has 0 aliphatic carbocycles. The van der Waals surface area contributed by atoms with E-state index in [4.69, 9.17) is 14.5 Å². The van der Waals surface area contributed by atoms with Crippen molar-refractivity contribution in [2.45, 2.75) is 52.4 Å². The van der Waals surface area contributed by atoms with Crippen molar-refractivity contribution >= 4 is 11.4 Å². The van der Waals surface area contributed by atoms with Crippen LogP contribution in [0.2, 0.25) is 0 Å². The van der Waals surface area contributed by atoms with E-state index in [9.17, 15) is 0 Å². The van der Waals surface area contributed by atoms with Gasteiger partial charge in [-0.25, -0.2) is 0 Å². The normalized spacial score (nSPS) is 11.4. The van der Waals surface area contributed by atoms with E-state index in [2.05, 4.69) is 43.3 Å². The average molecular weight is 430 g/mol. The minimum Gasteiger partial charge on any atom is -0.497 e. The van der Waals surface area contributed by atoms with Gasteiger partial charge in [0.1, 0.15) is 11.5 Å². The Morgan fingerprint density at radius 1 is 0.688 bits per heavy atom. The molecule has 3 aromatic carbocycles. The van der Waals surface area contributed by atoms with E-state index in [1.165, 1.54) is 43.2 Å². The van der Waals surface area contributed by atoms with Crippen LogP contribution in [-0.4, -0.2) is 19.4 Å². The molecule has 0 N–H and O–H groups in total. The van der Waals surface area contributed by atoms with Crippen molar-refractivity contribution in [1.29, 1.82) is 0 Å². The number of unbranched alkanes of at least 4 members (excludes halogenated alkanes) is 5. The first-order valence-electron chi connectivity index (χ1n) is 11.7. The minimum atomic E-state index is 0.786. The second-order valence-electron chi connectivity index (χ2n) is 8.11. The molecule has 0 heterocycles. The standard InChI is InChI=1S/C29H35NO2/c1-4-5-6-7-8-9-22-32-29-20-16-27(17-21-29)30-23(2)24-10-12-25(13-11-24)26-14-18-28(31-3)19-15-26/h10-21H,4-9,22H2,1-3H3. The minimum absolute atomic E-state index is 0.786. The van der Waals surface area contributed by atoms with Gasteiger partial charge in [0.2, 0.25) is 0 Å². The molecule has 0 radical (unpaired) electrons. The van der Waals surface area contributed by atoms with Crippen LogP contribution in [0.5, 0.6) is 11.5 Å². The fourth-order valence-electron chi connectivity index (χ4n) is 3.63. The number of rotatable bonds is 12. The summed E-state index contributed by atoms with van der Waals surface area (Å²) in [6, 6.07) is 24.7. The van der Waals surface area contributed by atoms with Crippen LogP contribution in [0.1, 0.15) is 57.9 Å². The summed E-state index contributed by atoms with van der Waals surface area (Å²) in [4.78, 5) is 4.78. The van der Waals surface area contributed by atoms with E-state index < -0.39 is 0 Å². The van der Waals surface area contributed by atoms with Crippen molar-refractivity contribution in [1.82, 2.24) is 0 Å². The maximum atomic E-state index is 5.87. The molecule has 0 fully saturated rings. The first kappa shape index (κ1) is 23.6. The zero-order valence-corrected chi connectivity index (χ0v) is 19.6. The number of ether oxygens (including phenoxy) is 2. The molecule has 0 aromatic heterocycles. The van der Waals surface area contributed by atoms with Gasteiger partial charge in [0, 0.05) is 5.71 Å². The van der Waals surface area contributed by atoms with Crippen LogP contribution in [0.25, 0.3) is 11.1 Å². The summed E-state index contributed by atoms with van der Waals surface area (Å²) in [5.41, 5.74) is 5.39. The molecule has 3 aromatic rings. The fourth-order valence-corrected chi connectivity index (χ4v) is 3.63. The highest BCUT2D eigenvalue weighted by atomic mass is 16.5. The summed E-state index contributed by atoms with van der Waals surface area (Å²) in [7, 11) is 1.68. The van der Waals surface area contributed by atoms with Gasteiger partial charge in [0.25, 0.3) is 0 Å². The summed E-state index contributed by atoms with van der Waals surface area (Å²) >= 11 is 0. The zero-order valence-electron chi connectivity index (χ0n) is 19.6. The fraction of sp³-hybridized carbons (Fsp3) is 0.345. The smallest absolute Gasteiger partial charge is 0.119 e. The first-order chi connectivity index (χ1) is 15.7. The van der Waals surface area contributed by atoms with Crippen molar-refractivity contribution in [3.05, 3.63) is 78.4 Å². The Kier molecular flexibility index (Phi) is 9.37. The maximum Gasteiger partial charge on any atom is 0.119 e. The number of methoxy groups -OCH3 is 1. The largest absolute Gasteiger partial charge is 0.497 e. The van der Waals surface area contributed by atoms with Gasteiger partial charge in [0.15, 0.2) is 0 Å². The number of nitrogens with zero attached hydrogens (tertiary/aromatic N) is 1. The lowest BCUT2D eigenvalue weighted by atomic mass is 10.0. The molecule has 3 nitrogen and oxygen atoms in total. The molecular formula is C29H35NO2. The van der Waals surface area contributed by atoms with E-state index in [0.29, 0.717) is 0 Å². The van der Waals surface area contributed by atoms with Gasteiger partial charge >= 0.3 is 0 Å². The summed E-state index contributed by atoms with van der Waals surface area (Å²) in [5.74, 6) is 1.78. The second-order valence-corrected chi connectivity index (χ2v) is 8.11. The molecule has 0 aliphatic heterocycles. The first-order valence-corrected chi connectivity index (χ1v) is 11.7. The molecule has 0 aliphatic rings. The Morgan fingerprint density at radius 2 is 1.25 bits per heavy atom. The molecule has 3 rings (SSSR count). The van der Waals surface area contributed by atoms with Gasteiger partial charge < -0.3 is 9.47 Å². The third-order valence-corrected chi connectivity index (χ3v) is 5.63. The van der Waals surface area contributed by atoms with Crippen molar-refractivity contribution in [3.63, 3.8) is 0 Å². The maximum absolute atomic E-state index is 5.87. The van der Waals surface area contributed by atoms with E-state index in [1.54, 1.807) is 7.11 Å². The second kappa shape index (κ2) is 12.7. The Balaban J connectivity index is 1.52. The van der Waals surface area contributed by atoms with E-state index >= 15 is 0 Å². The molecule has 0 amide bonds. The highest BCUT2D eigenvalue weighted by molar-refractivity contribution is 6.00. The average Bonchev–Trinajstić information content (AvgIpc) is 2.84. The zero-order chi connectivity index (χ0) is 22.6. The molecule has 0 spiro atoms. The van der Waals surface area contributed by atoms with Gasteiger partial charge in [0.05, 0.1) is 19.4 Å². The van der Waals surface area contributed by atoms with Crippen LogP contribution < -0.4 is 9.47 Å². The highest BCUT2D eigenvalue weighted by Gasteiger charge is 2.02. The lowest BCUT2D eigenvalue weighted by Crippen LogP contribution is -1.97. The molecule has 0 unspecified atom stereocenters. The quantitative estimate of drug-likeness (QED) is 0.214. The van der Waals surface area contributed by atoms with Gasteiger partial charge in [-0.3, -0.25) is 4.99 Å². The number of aliphatic imine (C=N–C) groups is 1. The van der Waals surface area contributed by atoms with Crippen molar-refractivity contribution < 1.29 is 9.47 Å². The van der Waals surface area contributed by atoms with Gasteiger partial charge in [-0.15, -0.1) is 0 Å². The summed E-state index contributed by atoms with van der Waals surface area (Å²) in [6.07, 6.45) is 7.65. The van der Waals surface area contributed by atoms with Gasteiger partial charge in [-0.2, -0.15) is 0 Å². The van der Waals surface area contributed by atoms with Crippen molar-refractivity contribution in [3.8, 4) is 22.6 Å². The lowest BCUT2D eigenvalue weighted by Gasteiger charge is -2.07. The topological polar surface area (TPSA) is 30.8 Å². The van der Waals surface area contributed by atoms with Crippen LogP contribution in [0.3, 0.4) is 0 Å². The Bertz CT molecular complexity index is 958. The van der Waals surface area contributed by atoms with Crippen LogP contribution in [0, 0.1) is 0 Å². The number of hydrogen-bond acceptors (Lipinski definition) is 3. The number of benzene rings is 3. The molecule has 32 heavy (non-hydrogen) atoms. The van der Waals surface area contributed by atoms with Gasteiger partial charge in [-0.1, -0.05) is 75.4 Å². The highest BCUT2D eigenvalue weighted by Crippen LogP contribution is 2.24. The van der Waals surface area contributed by atoms with Crippen LogP contribution >= 0.6 is 0 Å². The molecule has 0 atom stereocenters. The molecule has 0 saturated heterocycles. The van der Waals surface area contributed by atoms with E-state index in [0.717, 1.165) is 41.5 Å². The Hall–Kier alpha value is -3.07. The van der Waals surface area contributed by atoms with Gasteiger partial charge in [-0.05, 0) is 66.4 Å². The monoisotopic (exact) mass is 429 g/mol. The van der Waals surface area contributed by atoms with Crippen molar-refractivity contribution in [2.75, 3.05) is 13.7 Å². The molecule has 0 bridgehead atoms. The van der Waals surface area contributed by atoms with E-state index in [-0.39, 0.29) is 0 Å². The Labute approximate surface area is 193 Å². The number of hydrogen-bond donors (Lipinski definition) is 0. The van der Waals surface area contributed by atoms with Crippen molar-refractivity contribution in [2.24, 2.45) is 4.99 Å². The third-order valence-electron chi connectivity index (χ3n) is 5.63. The molecule has 168 valence electrons. The Morgan fingerprint density at radius 3 is 1.88 bits per heavy atom. The molecule has 3 heteroatoms. The summed E-state index contributed by atoms with van der Waals surface area (Å²) in [6.45, 7) is 5.08. The molecular weight excluding hydrogens is 394 g/mol. The predicted molar refractivity (Wildman–Crippen MR) is 136 cm³/mol.